The number of rotatable bonds is 5. The molecule has 1 unspecified atom stereocenters. The molecule has 19 heavy (non-hydrogen) atoms. The van der Waals surface area contributed by atoms with Gasteiger partial charge in [0, 0.05) is 0 Å². The highest BCUT2D eigenvalue weighted by Crippen LogP contribution is 2.20. The molecule has 1 atom stereocenters. The van der Waals surface area contributed by atoms with Crippen LogP contribution in [0.4, 0.5) is 0 Å². The molecular weight excluding hydrogens is 232 g/mol. The van der Waals surface area contributed by atoms with E-state index in [9.17, 15) is 5.11 Å². The lowest BCUT2D eigenvalue weighted by atomic mass is 9.98. The summed E-state index contributed by atoms with van der Waals surface area (Å²) in [6, 6.07) is 16.7. The average Bonchev–Trinajstić information content (AvgIpc) is 2.46. The van der Waals surface area contributed by atoms with Crippen molar-refractivity contribution in [3.05, 3.63) is 70.8 Å². The van der Waals surface area contributed by atoms with Crippen LogP contribution in [0.25, 0.3) is 0 Å². The molecule has 0 aliphatic carbocycles. The van der Waals surface area contributed by atoms with E-state index in [-0.39, 0.29) is 6.10 Å². The van der Waals surface area contributed by atoms with Gasteiger partial charge in [-0.1, -0.05) is 55.5 Å². The van der Waals surface area contributed by atoms with Crippen LogP contribution in [0, 0.1) is 6.92 Å². The number of aryl methyl sites for hydroxylation is 3. The topological polar surface area (TPSA) is 20.2 Å². The molecule has 0 saturated carbocycles. The first-order valence-electron chi connectivity index (χ1n) is 7.02. The smallest absolute Gasteiger partial charge is 0.0793 e. The summed E-state index contributed by atoms with van der Waals surface area (Å²) in [5.41, 5.74) is 4.96. The Hall–Kier alpha value is -1.60. The SMILES string of the molecule is CCc1ccc(C(O)CCc2ccccc2C)cc1. The van der Waals surface area contributed by atoms with Gasteiger partial charge in [-0.15, -0.1) is 0 Å². The molecule has 0 aromatic heterocycles. The van der Waals surface area contributed by atoms with Crippen LogP contribution in [0.15, 0.2) is 48.5 Å². The summed E-state index contributed by atoms with van der Waals surface area (Å²) in [5.74, 6) is 0. The number of hydrogen-bond donors (Lipinski definition) is 1. The highest BCUT2D eigenvalue weighted by atomic mass is 16.3. The summed E-state index contributed by atoms with van der Waals surface area (Å²) in [7, 11) is 0. The molecular formula is C18H22O. The number of aliphatic hydroxyl groups is 1. The second-order valence-corrected chi connectivity index (χ2v) is 5.08. The van der Waals surface area contributed by atoms with E-state index in [0.29, 0.717) is 0 Å². The fraction of sp³-hybridized carbons (Fsp3) is 0.333. The van der Waals surface area contributed by atoms with Gasteiger partial charge in [0.15, 0.2) is 0 Å². The van der Waals surface area contributed by atoms with Crippen LogP contribution in [0.1, 0.15) is 41.7 Å². The Morgan fingerprint density at radius 3 is 2.32 bits per heavy atom. The second kappa shape index (κ2) is 6.53. The van der Waals surface area contributed by atoms with Crippen molar-refractivity contribution in [1.29, 1.82) is 0 Å². The van der Waals surface area contributed by atoms with Crippen molar-refractivity contribution in [3.63, 3.8) is 0 Å². The van der Waals surface area contributed by atoms with E-state index < -0.39 is 0 Å². The van der Waals surface area contributed by atoms with Gasteiger partial charge in [-0.05, 0) is 48.4 Å². The molecule has 0 amide bonds. The van der Waals surface area contributed by atoms with Gasteiger partial charge in [0.25, 0.3) is 0 Å². The number of benzene rings is 2. The zero-order chi connectivity index (χ0) is 13.7. The quantitative estimate of drug-likeness (QED) is 0.847. The van der Waals surface area contributed by atoms with Crippen molar-refractivity contribution in [2.24, 2.45) is 0 Å². The molecule has 0 fully saturated rings. The van der Waals surface area contributed by atoms with Crippen LogP contribution in [0.3, 0.4) is 0 Å². The molecule has 2 aromatic carbocycles. The first-order valence-corrected chi connectivity index (χ1v) is 7.02. The van der Waals surface area contributed by atoms with E-state index in [1.165, 1.54) is 16.7 Å². The van der Waals surface area contributed by atoms with Gasteiger partial charge in [0.1, 0.15) is 0 Å². The van der Waals surface area contributed by atoms with E-state index in [4.69, 9.17) is 0 Å². The first-order chi connectivity index (χ1) is 9.20. The monoisotopic (exact) mass is 254 g/mol. The maximum absolute atomic E-state index is 10.2. The molecule has 0 heterocycles. The van der Waals surface area contributed by atoms with Gasteiger partial charge in [-0.25, -0.2) is 0 Å². The molecule has 100 valence electrons. The van der Waals surface area contributed by atoms with Crippen LogP contribution in [0.5, 0.6) is 0 Å². The summed E-state index contributed by atoms with van der Waals surface area (Å²) < 4.78 is 0. The van der Waals surface area contributed by atoms with E-state index in [0.717, 1.165) is 24.8 Å². The predicted molar refractivity (Wildman–Crippen MR) is 80.3 cm³/mol. The van der Waals surface area contributed by atoms with Gasteiger partial charge in [0.2, 0.25) is 0 Å². The minimum atomic E-state index is -0.370. The summed E-state index contributed by atoms with van der Waals surface area (Å²) in [5, 5.41) is 10.2. The van der Waals surface area contributed by atoms with Gasteiger partial charge in [0.05, 0.1) is 6.10 Å². The van der Waals surface area contributed by atoms with E-state index in [1.54, 1.807) is 0 Å². The average molecular weight is 254 g/mol. The van der Waals surface area contributed by atoms with Gasteiger partial charge in [-0.3, -0.25) is 0 Å². The number of aliphatic hydroxyl groups excluding tert-OH is 1. The summed E-state index contributed by atoms with van der Waals surface area (Å²) >= 11 is 0. The van der Waals surface area contributed by atoms with Crippen molar-refractivity contribution >= 4 is 0 Å². The third-order valence-electron chi connectivity index (χ3n) is 3.72. The highest BCUT2D eigenvalue weighted by Gasteiger charge is 2.08. The second-order valence-electron chi connectivity index (χ2n) is 5.08. The normalized spacial score (nSPS) is 12.4. The highest BCUT2D eigenvalue weighted by molar-refractivity contribution is 5.27. The Morgan fingerprint density at radius 1 is 1.00 bits per heavy atom. The maximum Gasteiger partial charge on any atom is 0.0793 e. The van der Waals surface area contributed by atoms with E-state index >= 15 is 0 Å². The largest absolute Gasteiger partial charge is 0.388 e. The van der Waals surface area contributed by atoms with Gasteiger partial charge >= 0.3 is 0 Å². The molecule has 1 heteroatoms. The molecule has 1 N–H and O–H groups in total. The van der Waals surface area contributed by atoms with E-state index in [2.05, 4.69) is 50.2 Å². The zero-order valence-electron chi connectivity index (χ0n) is 11.8. The molecule has 0 aliphatic heterocycles. The minimum Gasteiger partial charge on any atom is -0.388 e. The molecule has 0 spiro atoms. The fourth-order valence-electron chi connectivity index (χ4n) is 2.32. The molecule has 2 rings (SSSR count). The Bertz CT molecular complexity index is 513. The van der Waals surface area contributed by atoms with Gasteiger partial charge in [-0.2, -0.15) is 0 Å². The maximum atomic E-state index is 10.2. The Labute approximate surface area is 115 Å². The Morgan fingerprint density at radius 2 is 1.68 bits per heavy atom. The van der Waals surface area contributed by atoms with Crippen molar-refractivity contribution in [2.75, 3.05) is 0 Å². The zero-order valence-corrected chi connectivity index (χ0v) is 11.8. The summed E-state index contributed by atoms with van der Waals surface area (Å²) in [6.45, 7) is 4.27. The van der Waals surface area contributed by atoms with Crippen molar-refractivity contribution in [2.45, 2.75) is 39.2 Å². The van der Waals surface area contributed by atoms with Crippen LogP contribution >= 0.6 is 0 Å². The van der Waals surface area contributed by atoms with E-state index in [1.807, 2.05) is 12.1 Å². The molecule has 1 nitrogen and oxygen atoms in total. The molecule has 0 aliphatic rings. The molecule has 0 bridgehead atoms. The lowest BCUT2D eigenvalue weighted by Crippen LogP contribution is -2.00. The van der Waals surface area contributed by atoms with Crippen molar-refractivity contribution in [1.82, 2.24) is 0 Å². The first kappa shape index (κ1) is 13.8. The minimum absolute atomic E-state index is 0.370. The fourth-order valence-corrected chi connectivity index (χ4v) is 2.32. The third-order valence-corrected chi connectivity index (χ3v) is 3.72. The lowest BCUT2D eigenvalue weighted by Gasteiger charge is -2.12. The summed E-state index contributed by atoms with van der Waals surface area (Å²) in [4.78, 5) is 0. The van der Waals surface area contributed by atoms with Crippen molar-refractivity contribution < 1.29 is 5.11 Å². The molecule has 0 saturated heterocycles. The van der Waals surface area contributed by atoms with Crippen LogP contribution in [-0.4, -0.2) is 5.11 Å². The Kier molecular flexibility index (Phi) is 4.75. The van der Waals surface area contributed by atoms with Crippen LogP contribution in [0.2, 0.25) is 0 Å². The third kappa shape index (κ3) is 3.68. The predicted octanol–water partition coefficient (Wildman–Crippen LogP) is 4.22. The summed E-state index contributed by atoms with van der Waals surface area (Å²) in [6.07, 6.45) is 2.37. The standard InChI is InChI=1S/C18H22O/c1-3-15-8-10-17(11-9-15)18(19)13-12-16-7-5-4-6-14(16)2/h4-11,18-19H,3,12-13H2,1-2H3. The van der Waals surface area contributed by atoms with Crippen LogP contribution < -0.4 is 0 Å². The van der Waals surface area contributed by atoms with Gasteiger partial charge < -0.3 is 5.11 Å². The molecule has 2 aromatic rings. The van der Waals surface area contributed by atoms with Crippen molar-refractivity contribution in [3.8, 4) is 0 Å². The lowest BCUT2D eigenvalue weighted by molar-refractivity contribution is 0.168. The molecule has 0 radical (unpaired) electrons. The Balaban J connectivity index is 1.97. The van der Waals surface area contributed by atoms with Crippen LogP contribution in [-0.2, 0) is 12.8 Å². The number of hydrogen-bond acceptors (Lipinski definition) is 1.